The number of nitrogens with zero attached hydrogens (tertiary/aromatic N) is 1. The standard InChI is InChI=1S/C19H14Cl2N2O2/c1-25-17-11-12(19(24)23-14-7-5-13(20)6-8-14)4-9-15(17)18-16(21)3-2-10-22-18/h2-11H,1H3,(H,23,24). The van der Waals surface area contributed by atoms with Crippen LogP contribution in [-0.4, -0.2) is 18.0 Å². The first-order valence-electron chi connectivity index (χ1n) is 7.44. The molecule has 1 heterocycles. The Hall–Kier alpha value is -2.56. The van der Waals surface area contributed by atoms with Gasteiger partial charge in [0.05, 0.1) is 17.8 Å². The zero-order chi connectivity index (χ0) is 17.8. The van der Waals surface area contributed by atoms with Crippen molar-refractivity contribution in [3.05, 3.63) is 76.4 Å². The van der Waals surface area contributed by atoms with Crippen LogP contribution < -0.4 is 10.1 Å². The lowest BCUT2D eigenvalue weighted by molar-refractivity contribution is 0.102. The molecule has 2 aromatic carbocycles. The minimum Gasteiger partial charge on any atom is -0.496 e. The van der Waals surface area contributed by atoms with Crippen molar-refractivity contribution in [3.63, 3.8) is 0 Å². The predicted octanol–water partition coefficient (Wildman–Crippen LogP) is 5.32. The Morgan fingerprint density at radius 1 is 1.08 bits per heavy atom. The SMILES string of the molecule is COc1cc(C(=O)Nc2ccc(Cl)cc2)ccc1-c1ncccc1Cl. The molecule has 0 saturated carbocycles. The molecule has 3 rings (SSSR count). The van der Waals surface area contributed by atoms with Gasteiger partial charge >= 0.3 is 0 Å². The van der Waals surface area contributed by atoms with Crippen LogP contribution in [0.5, 0.6) is 5.75 Å². The maximum atomic E-state index is 12.4. The maximum absolute atomic E-state index is 12.4. The van der Waals surface area contributed by atoms with Crippen LogP contribution in [0.4, 0.5) is 5.69 Å². The molecule has 1 N–H and O–H groups in total. The highest BCUT2D eigenvalue weighted by molar-refractivity contribution is 6.33. The van der Waals surface area contributed by atoms with Crippen molar-refractivity contribution in [2.24, 2.45) is 0 Å². The Kier molecular flexibility index (Phi) is 5.22. The fourth-order valence-electron chi connectivity index (χ4n) is 2.35. The fraction of sp³-hybridized carbons (Fsp3) is 0.0526. The molecule has 3 aromatic rings. The number of ether oxygens (including phenoxy) is 1. The number of halogens is 2. The Balaban J connectivity index is 1.90. The summed E-state index contributed by atoms with van der Waals surface area (Å²) < 4.78 is 5.42. The molecular formula is C19H14Cl2N2O2. The maximum Gasteiger partial charge on any atom is 0.255 e. The van der Waals surface area contributed by atoms with Crippen molar-refractivity contribution in [2.75, 3.05) is 12.4 Å². The van der Waals surface area contributed by atoms with Gasteiger partial charge in [0.25, 0.3) is 5.91 Å². The number of carbonyl (C=O) groups excluding carboxylic acids is 1. The van der Waals surface area contributed by atoms with Gasteiger partial charge in [0, 0.05) is 28.0 Å². The van der Waals surface area contributed by atoms with Gasteiger partial charge in [-0.05, 0) is 54.6 Å². The number of rotatable bonds is 4. The first-order chi connectivity index (χ1) is 12.1. The predicted molar refractivity (Wildman–Crippen MR) is 101 cm³/mol. The quantitative estimate of drug-likeness (QED) is 0.674. The van der Waals surface area contributed by atoms with E-state index in [0.717, 1.165) is 5.56 Å². The average Bonchev–Trinajstić information content (AvgIpc) is 2.63. The van der Waals surface area contributed by atoms with Crippen LogP contribution in [0.15, 0.2) is 60.8 Å². The third-order valence-corrected chi connectivity index (χ3v) is 4.14. The second-order valence-electron chi connectivity index (χ2n) is 5.21. The lowest BCUT2D eigenvalue weighted by Gasteiger charge is -2.12. The summed E-state index contributed by atoms with van der Waals surface area (Å²) in [6.07, 6.45) is 1.65. The van der Waals surface area contributed by atoms with Crippen LogP contribution in [0.3, 0.4) is 0 Å². The van der Waals surface area contributed by atoms with Crippen LogP contribution in [0.25, 0.3) is 11.3 Å². The molecule has 0 saturated heterocycles. The zero-order valence-corrected chi connectivity index (χ0v) is 14.8. The minimum absolute atomic E-state index is 0.251. The van der Waals surface area contributed by atoms with E-state index in [9.17, 15) is 4.79 Å². The van der Waals surface area contributed by atoms with Crippen LogP contribution in [0.2, 0.25) is 10.0 Å². The lowest BCUT2D eigenvalue weighted by atomic mass is 10.1. The Morgan fingerprint density at radius 3 is 2.52 bits per heavy atom. The topological polar surface area (TPSA) is 51.2 Å². The molecule has 0 fully saturated rings. The molecule has 0 aliphatic carbocycles. The zero-order valence-electron chi connectivity index (χ0n) is 13.3. The third-order valence-electron chi connectivity index (χ3n) is 3.58. The summed E-state index contributed by atoms with van der Waals surface area (Å²) in [7, 11) is 1.54. The lowest BCUT2D eigenvalue weighted by Crippen LogP contribution is -2.12. The third kappa shape index (κ3) is 3.92. The fourth-order valence-corrected chi connectivity index (χ4v) is 2.70. The van der Waals surface area contributed by atoms with E-state index in [0.29, 0.717) is 32.7 Å². The summed E-state index contributed by atoms with van der Waals surface area (Å²) in [4.78, 5) is 16.7. The monoisotopic (exact) mass is 372 g/mol. The van der Waals surface area contributed by atoms with Crippen molar-refractivity contribution >= 4 is 34.8 Å². The Labute approximate surface area is 155 Å². The number of aromatic nitrogens is 1. The first kappa shape index (κ1) is 17.3. The highest BCUT2D eigenvalue weighted by atomic mass is 35.5. The number of amides is 1. The smallest absolute Gasteiger partial charge is 0.255 e. The van der Waals surface area contributed by atoms with E-state index < -0.39 is 0 Å². The van der Waals surface area contributed by atoms with E-state index >= 15 is 0 Å². The van der Waals surface area contributed by atoms with Crippen molar-refractivity contribution in [3.8, 4) is 17.0 Å². The number of carbonyl (C=O) groups is 1. The molecule has 0 aliphatic rings. The number of pyridine rings is 1. The number of methoxy groups -OCH3 is 1. The molecule has 4 nitrogen and oxygen atoms in total. The van der Waals surface area contributed by atoms with Crippen molar-refractivity contribution in [1.29, 1.82) is 0 Å². The molecule has 6 heteroatoms. The Bertz CT molecular complexity index is 912. The van der Waals surface area contributed by atoms with Gasteiger partial charge in [0.2, 0.25) is 0 Å². The number of benzene rings is 2. The second-order valence-corrected chi connectivity index (χ2v) is 6.05. The number of anilines is 1. The van der Waals surface area contributed by atoms with Gasteiger partial charge in [-0.3, -0.25) is 9.78 Å². The van der Waals surface area contributed by atoms with Crippen LogP contribution >= 0.6 is 23.2 Å². The van der Waals surface area contributed by atoms with E-state index in [4.69, 9.17) is 27.9 Å². The molecule has 1 amide bonds. The normalized spacial score (nSPS) is 10.4. The highest BCUT2D eigenvalue weighted by Gasteiger charge is 2.14. The van der Waals surface area contributed by atoms with Crippen molar-refractivity contribution in [1.82, 2.24) is 4.98 Å². The van der Waals surface area contributed by atoms with E-state index in [1.165, 1.54) is 7.11 Å². The summed E-state index contributed by atoms with van der Waals surface area (Å²) in [5, 5.41) is 3.93. The summed E-state index contributed by atoms with van der Waals surface area (Å²) in [5.41, 5.74) is 2.44. The molecule has 0 atom stereocenters. The van der Waals surface area contributed by atoms with Gasteiger partial charge in [-0.15, -0.1) is 0 Å². The molecule has 0 radical (unpaired) electrons. The van der Waals surface area contributed by atoms with Gasteiger partial charge in [0.15, 0.2) is 0 Å². The second kappa shape index (κ2) is 7.55. The summed E-state index contributed by atoms with van der Waals surface area (Å²) >= 11 is 12.0. The molecular weight excluding hydrogens is 359 g/mol. The average molecular weight is 373 g/mol. The number of nitrogens with one attached hydrogen (secondary N) is 1. The van der Waals surface area contributed by atoms with E-state index in [-0.39, 0.29) is 5.91 Å². The number of hydrogen-bond acceptors (Lipinski definition) is 3. The van der Waals surface area contributed by atoms with Gasteiger partial charge in [-0.1, -0.05) is 23.2 Å². The van der Waals surface area contributed by atoms with E-state index in [2.05, 4.69) is 10.3 Å². The number of hydrogen-bond donors (Lipinski definition) is 1. The van der Waals surface area contributed by atoms with Crippen LogP contribution in [-0.2, 0) is 0 Å². The van der Waals surface area contributed by atoms with Crippen molar-refractivity contribution < 1.29 is 9.53 Å². The molecule has 0 bridgehead atoms. The van der Waals surface area contributed by atoms with E-state index in [1.54, 1.807) is 60.8 Å². The van der Waals surface area contributed by atoms with Gasteiger partial charge in [-0.2, -0.15) is 0 Å². The first-order valence-corrected chi connectivity index (χ1v) is 8.20. The molecule has 1 aromatic heterocycles. The molecule has 0 spiro atoms. The van der Waals surface area contributed by atoms with E-state index in [1.807, 2.05) is 0 Å². The van der Waals surface area contributed by atoms with Gasteiger partial charge < -0.3 is 10.1 Å². The van der Waals surface area contributed by atoms with Crippen molar-refractivity contribution in [2.45, 2.75) is 0 Å². The minimum atomic E-state index is -0.251. The molecule has 0 aliphatic heterocycles. The molecule has 126 valence electrons. The van der Waals surface area contributed by atoms with Crippen LogP contribution in [0, 0.1) is 0 Å². The highest BCUT2D eigenvalue weighted by Crippen LogP contribution is 2.33. The molecule has 0 unspecified atom stereocenters. The van der Waals surface area contributed by atoms with Gasteiger partial charge in [-0.25, -0.2) is 0 Å². The summed E-state index contributed by atoms with van der Waals surface area (Å²) in [6.45, 7) is 0. The van der Waals surface area contributed by atoms with Crippen LogP contribution in [0.1, 0.15) is 10.4 Å². The Morgan fingerprint density at radius 2 is 1.84 bits per heavy atom. The summed E-state index contributed by atoms with van der Waals surface area (Å²) in [5.74, 6) is 0.267. The molecule has 25 heavy (non-hydrogen) atoms. The summed E-state index contributed by atoms with van der Waals surface area (Å²) in [6, 6.07) is 15.5. The van der Waals surface area contributed by atoms with Gasteiger partial charge in [0.1, 0.15) is 5.75 Å². The largest absolute Gasteiger partial charge is 0.496 e.